The molecule has 1 atom stereocenters. The highest BCUT2D eigenvalue weighted by molar-refractivity contribution is 6.28. The maximum absolute atomic E-state index is 10.9. The summed E-state index contributed by atoms with van der Waals surface area (Å²) in [7, 11) is 1.65. The third kappa shape index (κ3) is 2.68. The minimum absolute atomic E-state index is 0.0193. The third-order valence-electron chi connectivity index (χ3n) is 2.91. The van der Waals surface area contributed by atoms with Crippen LogP contribution in [0, 0.1) is 16.0 Å². The lowest BCUT2D eigenvalue weighted by atomic mass is 10.1. The first-order valence-electron chi connectivity index (χ1n) is 5.52. The van der Waals surface area contributed by atoms with Gasteiger partial charge in [0.1, 0.15) is 6.20 Å². The predicted molar refractivity (Wildman–Crippen MR) is 65.9 cm³/mol. The fourth-order valence-corrected chi connectivity index (χ4v) is 2.23. The zero-order valence-corrected chi connectivity index (χ0v) is 10.6. The van der Waals surface area contributed by atoms with E-state index in [2.05, 4.69) is 9.97 Å². The largest absolute Gasteiger partial charge is 0.384 e. The molecule has 1 aliphatic heterocycles. The van der Waals surface area contributed by atoms with Gasteiger partial charge in [0.2, 0.25) is 11.1 Å². The molecule has 1 saturated heterocycles. The Bertz CT molecular complexity index is 457. The Balaban J connectivity index is 2.23. The second-order valence-electron chi connectivity index (χ2n) is 4.16. The van der Waals surface area contributed by atoms with Crippen molar-refractivity contribution in [2.45, 2.75) is 6.42 Å². The maximum Gasteiger partial charge on any atom is 0.329 e. The molecule has 1 aromatic rings. The van der Waals surface area contributed by atoms with Crippen LogP contribution in [0.25, 0.3) is 0 Å². The van der Waals surface area contributed by atoms with Crippen molar-refractivity contribution in [3.8, 4) is 0 Å². The smallest absolute Gasteiger partial charge is 0.329 e. The molecule has 18 heavy (non-hydrogen) atoms. The van der Waals surface area contributed by atoms with Gasteiger partial charge in [-0.25, -0.2) is 4.98 Å². The summed E-state index contributed by atoms with van der Waals surface area (Å²) in [5, 5.41) is 10.9. The van der Waals surface area contributed by atoms with E-state index in [-0.39, 0.29) is 11.0 Å². The molecule has 1 fully saturated rings. The van der Waals surface area contributed by atoms with E-state index < -0.39 is 4.92 Å². The molecule has 0 N–H and O–H groups in total. The Morgan fingerprint density at radius 3 is 3.17 bits per heavy atom. The van der Waals surface area contributed by atoms with Gasteiger partial charge in [0.25, 0.3) is 0 Å². The summed E-state index contributed by atoms with van der Waals surface area (Å²) >= 11 is 5.70. The number of methoxy groups -OCH3 is 1. The molecule has 8 heteroatoms. The van der Waals surface area contributed by atoms with Crippen LogP contribution < -0.4 is 4.90 Å². The van der Waals surface area contributed by atoms with Crippen LogP contribution in [0.5, 0.6) is 0 Å². The molecule has 0 aliphatic carbocycles. The Labute approximate surface area is 109 Å². The lowest BCUT2D eigenvalue weighted by Gasteiger charge is -2.16. The molecule has 0 saturated carbocycles. The van der Waals surface area contributed by atoms with Crippen LogP contribution in [0.2, 0.25) is 5.28 Å². The Hall–Kier alpha value is -1.47. The van der Waals surface area contributed by atoms with Gasteiger partial charge < -0.3 is 9.64 Å². The van der Waals surface area contributed by atoms with Crippen LogP contribution in [-0.4, -0.2) is 41.7 Å². The zero-order chi connectivity index (χ0) is 13.1. The van der Waals surface area contributed by atoms with Crippen molar-refractivity contribution in [3.05, 3.63) is 21.6 Å². The normalized spacial score (nSPS) is 19.2. The number of rotatable bonds is 4. The molecule has 2 heterocycles. The van der Waals surface area contributed by atoms with Crippen LogP contribution in [0.1, 0.15) is 6.42 Å². The van der Waals surface area contributed by atoms with E-state index in [0.29, 0.717) is 31.4 Å². The van der Waals surface area contributed by atoms with Crippen LogP contribution in [-0.2, 0) is 4.74 Å². The van der Waals surface area contributed by atoms with Gasteiger partial charge >= 0.3 is 5.69 Å². The van der Waals surface area contributed by atoms with E-state index in [0.717, 1.165) is 12.6 Å². The van der Waals surface area contributed by atoms with Gasteiger partial charge in [0, 0.05) is 26.1 Å². The van der Waals surface area contributed by atoms with E-state index in [4.69, 9.17) is 16.3 Å². The van der Waals surface area contributed by atoms with Crippen molar-refractivity contribution in [2.75, 3.05) is 31.7 Å². The SMILES string of the molecule is COCC1CCN(c2nc(Cl)ncc2[N+](=O)[O-])C1. The van der Waals surface area contributed by atoms with Crippen molar-refractivity contribution < 1.29 is 9.66 Å². The van der Waals surface area contributed by atoms with Gasteiger partial charge in [0.15, 0.2) is 0 Å². The molecule has 1 unspecified atom stereocenters. The van der Waals surface area contributed by atoms with Crippen molar-refractivity contribution in [1.82, 2.24) is 9.97 Å². The summed E-state index contributed by atoms with van der Waals surface area (Å²) < 4.78 is 5.09. The molecule has 0 bridgehead atoms. The van der Waals surface area contributed by atoms with Crippen LogP contribution in [0.15, 0.2) is 6.20 Å². The fourth-order valence-electron chi connectivity index (χ4n) is 2.10. The van der Waals surface area contributed by atoms with E-state index >= 15 is 0 Å². The number of aromatic nitrogens is 2. The van der Waals surface area contributed by atoms with E-state index in [1.54, 1.807) is 7.11 Å². The molecular formula is C10H13ClN4O3. The van der Waals surface area contributed by atoms with Crippen molar-refractivity contribution in [1.29, 1.82) is 0 Å². The molecule has 98 valence electrons. The molecule has 7 nitrogen and oxygen atoms in total. The topological polar surface area (TPSA) is 81.4 Å². The molecule has 0 aromatic carbocycles. The Morgan fingerprint density at radius 2 is 2.50 bits per heavy atom. The van der Waals surface area contributed by atoms with Gasteiger partial charge in [-0.05, 0) is 18.0 Å². The fraction of sp³-hybridized carbons (Fsp3) is 0.600. The highest BCUT2D eigenvalue weighted by Crippen LogP contribution is 2.30. The third-order valence-corrected chi connectivity index (χ3v) is 3.09. The molecule has 0 radical (unpaired) electrons. The van der Waals surface area contributed by atoms with Gasteiger partial charge in [-0.1, -0.05) is 0 Å². The average molecular weight is 273 g/mol. The summed E-state index contributed by atoms with van der Waals surface area (Å²) in [6, 6.07) is 0. The Kier molecular flexibility index (Phi) is 3.93. The van der Waals surface area contributed by atoms with Crippen molar-refractivity contribution in [3.63, 3.8) is 0 Å². The Morgan fingerprint density at radius 1 is 1.72 bits per heavy atom. The highest BCUT2D eigenvalue weighted by Gasteiger charge is 2.29. The highest BCUT2D eigenvalue weighted by atomic mass is 35.5. The maximum atomic E-state index is 10.9. The first-order valence-corrected chi connectivity index (χ1v) is 5.90. The number of nitrogens with zero attached hydrogens (tertiary/aromatic N) is 4. The number of ether oxygens (including phenoxy) is 1. The second-order valence-corrected chi connectivity index (χ2v) is 4.50. The molecule has 0 amide bonds. The summed E-state index contributed by atoms with van der Waals surface area (Å²) in [6.45, 7) is 2.04. The first kappa shape index (κ1) is 13.0. The van der Waals surface area contributed by atoms with Crippen LogP contribution >= 0.6 is 11.6 Å². The number of anilines is 1. The number of halogens is 1. The van der Waals surface area contributed by atoms with E-state index in [9.17, 15) is 10.1 Å². The number of hydrogen-bond acceptors (Lipinski definition) is 6. The predicted octanol–water partition coefficient (Wildman–Crippen LogP) is 1.51. The van der Waals surface area contributed by atoms with Crippen molar-refractivity contribution in [2.24, 2.45) is 5.92 Å². The van der Waals surface area contributed by atoms with Crippen molar-refractivity contribution >= 4 is 23.1 Å². The molecule has 1 aromatic heterocycles. The summed E-state index contributed by atoms with van der Waals surface area (Å²) in [5.74, 6) is 0.655. The van der Waals surface area contributed by atoms with E-state index in [1.807, 2.05) is 4.90 Å². The summed E-state index contributed by atoms with van der Waals surface area (Å²) in [6.07, 6.45) is 2.07. The molecule has 0 spiro atoms. The van der Waals surface area contributed by atoms with Gasteiger partial charge in [-0.3, -0.25) is 10.1 Å². The minimum Gasteiger partial charge on any atom is -0.384 e. The standard InChI is InChI=1S/C10H13ClN4O3/c1-18-6-7-2-3-14(5-7)9-8(15(16)17)4-12-10(11)13-9/h4,7H,2-3,5-6H2,1H3. The lowest BCUT2D eigenvalue weighted by Crippen LogP contribution is -2.23. The van der Waals surface area contributed by atoms with Crippen LogP contribution in [0.3, 0.4) is 0 Å². The first-order chi connectivity index (χ1) is 8.61. The summed E-state index contributed by atoms with van der Waals surface area (Å²) in [4.78, 5) is 19.9. The van der Waals surface area contributed by atoms with E-state index in [1.165, 1.54) is 0 Å². The zero-order valence-electron chi connectivity index (χ0n) is 9.87. The second kappa shape index (κ2) is 5.45. The quantitative estimate of drug-likeness (QED) is 0.469. The molecule has 2 rings (SSSR count). The molecule has 1 aliphatic rings. The minimum atomic E-state index is -0.491. The lowest BCUT2D eigenvalue weighted by molar-refractivity contribution is -0.384. The number of hydrogen-bond donors (Lipinski definition) is 0. The molecular weight excluding hydrogens is 260 g/mol. The van der Waals surface area contributed by atoms with Crippen LogP contribution in [0.4, 0.5) is 11.5 Å². The van der Waals surface area contributed by atoms with Gasteiger partial charge in [-0.15, -0.1) is 0 Å². The number of nitro groups is 1. The van der Waals surface area contributed by atoms with Gasteiger partial charge in [-0.2, -0.15) is 4.98 Å². The average Bonchev–Trinajstić information content (AvgIpc) is 2.77. The summed E-state index contributed by atoms with van der Waals surface area (Å²) in [5.41, 5.74) is -0.113. The van der Waals surface area contributed by atoms with Gasteiger partial charge in [0.05, 0.1) is 11.5 Å². The monoisotopic (exact) mass is 272 g/mol.